The quantitative estimate of drug-likeness (QED) is 0.591. The highest BCUT2D eigenvalue weighted by Crippen LogP contribution is 2.23. The Bertz CT molecular complexity index is 1300. The Hall–Kier alpha value is -3.74. The minimum atomic E-state index is -0.657. The number of likely N-dealkylation sites (N-methyl/N-ethyl adjacent to an activating group) is 1. The number of benzene rings is 2. The molecule has 170 valence electrons. The molecule has 0 aliphatic carbocycles. The molecule has 4 rings (SSSR count). The maximum absolute atomic E-state index is 13.2. The topological polar surface area (TPSA) is 83.5 Å². The van der Waals surface area contributed by atoms with Gasteiger partial charge >= 0.3 is 5.69 Å². The van der Waals surface area contributed by atoms with Crippen molar-refractivity contribution in [3.63, 3.8) is 0 Å². The van der Waals surface area contributed by atoms with Gasteiger partial charge in [-0.1, -0.05) is 30.3 Å². The molecule has 8 nitrogen and oxygen atoms in total. The zero-order valence-electron chi connectivity index (χ0n) is 18.4. The van der Waals surface area contributed by atoms with E-state index in [0.29, 0.717) is 31.9 Å². The molecule has 33 heavy (non-hydrogen) atoms. The van der Waals surface area contributed by atoms with E-state index < -0.39 is 17.5 Å². The van der Waals surface area contributed by atoms with Gasteiger partial charge in [-0.25, -0.2) is 13.8 Å². The Morgan fingerprint density at radius 2 is 1.85 bits per heavy atom. The molecular weight excluding hydrogens is 425 g/mol. The zero-order valence-corrected chi connectivity index (χ0v) is 18.4. The highest BCUT2D eigenvalue weighted by molar-refractivity contribution is 5.57. The molecule has 0 bridgehead atoms. The molecule has 3 aromatic rings. The number of morpholine rings is 1. The van der Waals surface area contributed by atoms with E-state index >= 15 is 0 Å². The van der Waals surface area contributed by atoms with Crippen LogP contribution >= 0.6 is 0 Å². The summed E-state index contributed by atoms with van der Waals surface area (Å²) in [5.74, 6) is -0.0997. The molecule has 0 N–H and O–H groups in total. The van der Waals surface area contributed by atoms with Crippen molar-refractivity contribution in [1.29, 1.82) is 5.26 Å². The van der Waals surface area contributed by atoms with E-state index in [1.807, 2.05) is 12.1 Å². The van der Waals surface area contributed by atoms with Crippen LogP contribution in [0, 0.1) is 17.1 Å². The van der Waals surface area contributed by atoms with Crippen molar-refractivity contribution in [2.24, 2.45) is 7.05 Å². The molecule has 2 heterocycles. The monoisotopic (exact) mass is 449 g/mol. The predicted octanol–water partition coefficient (Wildman–Crippen LogP) is 1.84. The van der Waals surface area contributed by atoms with E-state index in [0.717, 1.165) is 10.1 Å². The summed E-state index contributed by atoms with van der Waals surface area (Å²) in [7, 11) is 3.07. The van der Waals surface area contributed by atoms with Crippen LogP contribution < -0.4 is 16.1 Å². The third-order valence-electron chi connectivity index (χ3n) is 5.78. The van der Waals surface area contributed by atoms with Crippen molar-refractivity contribution in [3.8, 4) is 11.8 Å². The zero-order chi connectivity index (χ0) is 23.5. The Balaban J connectivity index is 1.72. The highest BCUT2D eigenvalue weighted by Gasteiger charge is 2.30. The molecule has 9 heteroatoms. The summed E-state index contributed by atoms with van der Waals surface area (Å²) in [6.45, 7) is 2.17. The fraction of sp³-hybridized carbons (Fsp3) is 0.292. The average molecular weight is 449 g/mol. The van der Waals surface area contributed by atoms with E-state index in [2.05, 4.69) is 4.90 Å². The molecule has 1 atom stereocenters. The van der Waals surface area contributed by atoms with Gasteiger partial charge in [0.25, 0.3) is 5.56 Å². The number of halogens is 1. The Kier molecular flexibility index (Phi) is 6.40. The molecule has 1 unspecified atom stereocenters. The van der Waals surface area contributed by atoms with E-state index in [-0.39, 0.29) is 17.2 Å². The van der Waals surface area contributed by atoms with Crippen LogP contribution in [-0.4, -0.2) is 47.0 Å². The first kappa shape index (κ1) is 22.5. The SMILES string of the molecule is CN(c1c(C#N)c(=O)n(C)c(=O)n1-c1ccccc1)C1CN(Cc2ccc(F)cc2)CCO1. The Morgan fingerprint density at radius 1 is 1.15 bits per heavy atom. The second-order valence-corrected chi connectivity index (χ2v) is 7.93. The van der Waals surface area contributed by atoms with Gasteiger partial charge in [0, 0.05) is 33.7 Å². The van der Waals surface area contributed by atoms with Gasteiger partial charge in [-0.15, -0.1) is 0 Å². The number of anilines is 1. The summed E-state index contributed by atoms with van der Waals surface area (Å²) in [5, 5.41) is 9.82. The predicted molar refractivity (Wildman–Crippen MR) is 122 cm³/mol. The summed E-state index contributed by atoms with van der Waals surface area (Å²) >= 11 is 0. The van der Waals surface area contributed by atoms with Crippen molar-refractivity contribution >= 4 is 5.82 Å². The summed E-state index contributed by atoms with van der Waals surface area (Å²) in [4.78, 5) is 29.7. The van der Waals surface area contributed by atoms with Crippen LogP contribution in [-0.2, 0) is 18.3 Å². The number of hydrogen-bond donors (Lipinski definition) is 0. The minimum Gasteiger partial charge on any atom is -0.356 e. The normalized spacial score (nSPS) is 16.4. The summed E-state index contributed by atoms with van der Waals surface area (Å²) in [5.41, 5.74) is 0.159. The lowest BCUT2D eigenvalue weighted by molar-refractivity contribution is -0.0303. The minimum absolute atomic E-state index is 0.136. The first-order chi connectivity index (χ1) is 15.9. The third-order valence-corrected chi connectivity index (χ3v) is 5.78. The van der Waals surface area contributed by atoms with Gasteiger partial charge in [-0.3, -0.25) is 14.3 Å². The molecule has 0 spiro atoms. The Morgan fingerprint density at radius 3 is 2.52 bits per heavy atom. The second kappa shape index (κ2) is 9.40. The highest BCUT2D eigenvalue weighted by atomic mass is 19.1. The third kappa shape index (κ3) is 4.44. The van der Waals surface area contributed by atoms with Crippen molar-refractivity contribution in [2.45, 2.75) is 12.8 Å². The molecule has 1 aliphatic heterocycles. The lowest BCUT2D eigenvalue weighted by Gasteiger charge is -2.39. The maximum Gasteiger partial charge on any atom is 0.337 e. The first-order valence-corrected chi connectivity index (χ1v) is 10.5. The van der Waals surface area contributed by atoms with E-state index in [4.69, 9.17) is 4.74 Å². The molecule has 1 saturated heterocycles. The van der Waals surface area contributed by atoms with Crippen LogP contribution in [0.2, 0.25) is 0 Å². The second-order valence-electron chi connectivity index (χ2n) is 7.93. The summed E-state index contributed by atoms with van der Waals surface area (Å²) < 4.78 is 21.5. The molecule has 1 aromatic heterocycles. The van der Waals surface area contributed by atoms with Crippen molar-refractivity contribution < 1.29 is 9.13 Å². The lowest BCUT2D eigenvalue weighted by Crippen LogP contribution is -2.52. The average Bonchev–Trinajstić information content (AvgIpc) is 2.84. The van der Waals surface area contributed by atoms with Crippen LogP contribution in [0.25, 0.3) is 5.69 Å². The van der Waals surface area contributed by atoms with Crippen molar-refractivity contribution in [1.82, 2.24) is 14.0 Å². The summed E-state index contributed by atoms with van der Waals surface area (Å²) in [6.07, 6.45) is -0.507. The fourth-order valence-corrected chi connectivity index (χ4v) is 3.99. The molecule has 1 aliphatic rings. The largest absolute Gasteiger partial charge is 0.356 e. The van der Waals surface area contributed by atoms with Gasteiger partial charge in [0.2, 0.25) is 0 Å². The lowest BCUT2D eigenvalue weighted by atomic mass is 10.2. The molecule has 1 fully saturated rings. The van der Waals surface area contributed by atoms with Gasteiger partial charge < -0.3 is 9.64 Å². The molecule has 0 radical (unpaired) electrons. The van der Waals surface area contributed by atoms with Gasteiger partial charge in [-0.2, -0.15) is 5.26 Å². The van der Waals surface area contributed by atoms with Crippen LogP contribution in [0.4, 0.5) is 10.2 Å². The molecular formula is C24H24FN5O3. The number of ether oxygens (including phenoxy) is 1. The molecule has 2 aromatic carbocycles. The van der Waals surface area contributed by atoms with Gasteiger partial charge in [0.1, 0.15) is 23.9 Å². The first-order valence-electron chi connectivity index (χ1n) is 10.5. The number of aromatic nitrogens is 2. The Labute approximate surface area is 190 Å². The fourth-order valence-electron chi connectivity index (χ4n) is 3.99. The van der Waals surface area contributed by atoms with E-state index in [9.17, 15) is 19.2 Å². The van der Waals surface area contributed by atoms with Crippen molar-refractivity contribution in [3.05, 3.63) is 92.4 Å². The van der Waals surface area contributed by atoms with Gasteiger partial charge in [0.15, 0.2) is 5.56 Å². The number of nitriles is 1. The standard InChI is InChI=1S/C24H24FN5O3/c1-27(21-16-29(12-13-33-21)15-17-8-10-18(25)11-9-17)22-20(14-26)23(31)28(2)24(32)30(22)19-6-4-3-5-7-19/h3-11,21H,12-13,15-16H2,1-2H3. The van der Waals surface area contributed by atoms with Crippen LogP contribution in [0.1, 0.15) is 11.1 Å². The number of para-hydroxylation sites is 1. The van der Waals surface area contributed by atoms with Gasteiger partial charge in [0.05, 0.1) is 12.3 Å². The van der Waals surface area contributed by atoms with Crippen LogP contribution in [0.3, 0.4) is 0 Å². The summed E-state index contributed by atoms with van der Waals surface area (Å²) in [6, 6.07) is 17.2. The van der Waals surface area contributed by atoms with Gasteiger partial charge in [-0.05, 0) is 29.8 Å². The van der Waals surface area contributed by atoms with Crippen molar-refractivity contribution in [2.75, 3.05) is 31.6 Å². The van der Waals surface area contributed by atoms with E-state index in [1.54, 1.807) is 48.3 Å². The number of hydrogen-bond acceptors (Lipinski definition) is 6. The number of nitrogens with zero attached hydrogens (tertiary/aromatic N) is 5. The van der Waals surface area contributed by atoms with Crippen LogP contribution in [0.15, 0.2) is 64.2 Å². The maximum atomic E-state index is 13.2. The molecule has 0 saturated carbocycles. The number of rotatable bonds is 5. The molecule has 0 amide bonds. The smallest absolute Gasteiger partial charge is 0.337 e. The van der Waals surface area contributed by atoms with E-state index in [1.165, 1.54) is 23.7 Å². The van der Waals surface area contributed by atoms with Crippen LogP contribution in [0.5, 0.6) is 0 Å².